The fraction of sp³-hybridized carbons (Fsp3) is 0.520. The number of rotatable bonds is 11. The van der Waals surface area contributed by atoms with Crippen LogP contribution in [0.5, 0.6) is 5.75 Å². The van der Waals surface area contributed by atoms with Crippen molar-refractivity contribution in [3.05, 3.63) is 54.0 Å². The largest absolute Gasteiger partial charge is 0.497 e. The predicted molar refractivity (Wildman–Crippen MR) is 121 cm³/mol. The lowest BCUT2D eigenvalue weighted by atomic mass is 10.1. The van der Waals surface area contributed by atoms with Crippen molar-refractivity contribution >= 4 is 11.8 Å². The number of carbonyl (C=O) groups excluding carboxylic acids is 2. The molecular formula is C25H34N2O5. The van der Waals surface area contributed by atoms with Crippen LogP contribution in [0.15, 0.2) is 47.1 Å². The molecule has 32 heavy (non-hydrogen) atoms. The number of amides is 2. The van der Waals surface area contributed by atoms with Gasteiger partial charge in [0.25, 0.3) is 0 Å². The first-order valence-electron chi connectivity index (χ1n) is 11.3. The summed E-state index contributed by atoms with van der Waals surface area (Å²) in [6, 6.07) is 11.1. The van der Waals surface area contributed by atoms with Gasteiger partial charge in [-0.3, -0.25) is 9.59 Å². The van der Waals surface area contributed by atoms with E-state index < -0.39 is 0 Å². The Morgan fingerprint density at radius 3 is 2.50 bits per heavy atom. The number of methoxy groups -OCH3 is 1. The molecule has 1 saturated heterocycles. The predicted octanol–water partition coefficient (Wildman–Crippen LogP) is 3.52. The molecule has 1 aliphatic rings. The summed E-state index contributed by atoms with van der Waals surface area (Å²) in [6.07, 6.45) is 3.82. The Bertz CT molecular complexity index is 842. The molecule has 1 aromatic carbocycles. The Morgan fingerprint density at radius 2 is 1.91 bits per heavy atom. The van der Waals surface area contributed by atoms with Gasteiger partial charge in [0.15, 0.2) is 0 Å². The van der Waals surface area contributed by atoms with Crippen molar-refractivity contribution in [2.45, 2.75) is 45.8 Å². The van der Waals surface area contributed by atoms with Gasteiger partial charge in [-0.2, -0.15) is 0 Å². The quantitative estimate of drug-likeness (QED) is 0.532. The molecule has 2 amide bonds. The molecule has 1 aromatic heterocycles. The van der Waals surface area contributed by atoms with Gasteiger partial charge in [0.05, 0.1) is 39.0 Å². The molecule has 2 aromatic rings. The fourth-order valence-electron chi connectivity index (χ4n) is 3.87. The first-order chi connectivity index (χ1) is 15.4. The molecule has 7 nitrogen and oxygen atoms in total. The Morgan fingerprint density at radius 1 is 1.12 bits per heavy atom. The lowest BCUT2D eigenvalue weighted by Crippen LogP contribution is -2.46. The van der Waals surface area contributed by atoms with E-state index in [0.29, 0.717) is 19.6 Å². The first-order valence-corrected chi connectivity index (χ1v) is 11.3. The molecule has 7 heteroatoms. The van der Waals surface area contributed by atoms with E-state index in [-0.39, 0.29) is 36.8 Å². The summed E-state index contributed by atoms with van der Waals surface area (Å²) in [5.74, 6) is 1.56. The van der Waals surface area contributed by atoms with Crippen LogP contribution >= 0.6 is 0 Å². The number of hydrogen-bond acceptors (Lipinski definition) is 5. The molecule has 0 spiro atoms. The zero-order chi connectivity index (χ0) is 22.9. The van der Waals surface area contributed by atoms with Gasteiger partial charge in [-0.25, -0.2) is 0 Å². The summed E-state index contributed by atoms with van der Waals surface area (Å²) in [4.78, 5) is 29.8. The molecule has 3 rings (SSSR count). The topological polar surface area (TPSA) is 72.2 Å². The van der Waals surface area contributed by atoms with Crippen molar-refractivity contribution in [1.29, 1.82) is 0 Å². The maximum atomic E-state index is 13.3. The molecule has 1 atom stereocenters. The third-order valence-corrected chi connectivity index (χ3v) is 5.51. The number of nitrogens with zero attached hydrogens (tertiary/aromatic N) is 2. The highest BCUT2D eigenvalue weighted by Crippen LogP contribution is 2.17. The van der Waals surface area contributed by atoms with Gasteiger partial charge in [0, 0.05) is 19.7 Å². The smallest absolute Gasteiger partial charge is 0.242 e. The molecular weight excluding hydrogens is 408 g/mol. The monoisotopic (exact) mass is 442 g/mol. The second-order valence-corrected chi connectivity index (χ2v) is 8.68. The highest BCUT2D eigenvalue weighted by atomic mass is 16.5. The van der Waals surface area contributed by atoms with Gasteiger partial charge < -0.3 is 23.7 Å². The standard InChI is InChI=1S/C25H34N2O5/c1-19(2)15-26(24(28)14-20-8-10-21(30-3)11-9-20)18-25(29)27(16-22-6-4-12-31-22)17-23-7-5-13-32-23/h4,6,8-12,19,23H,5,7,13-18H2,1-3H3. The number of furan rings is 1. The zero-order valence-corrected chi connectivity index (χ0v) is 19.3. The van der Waals surface area contributed by atoms with Gasteiger partial charge in [-0.15, -0.1) is 0 Å². The SMILES string of the molecule is COc1ccc(CC(=O)N(CC(=O)N(Cc2ccco2)CC2CCCO2)CC(C)C)cc1. The number of benzene rings is 1. The molecule has 174 valence electrons. The minimum absolute atomic E-state index is 0.0301. The van der Waals surface area contributed by atoms with E-state index in [2.05, 4.69) is 0 Å². The number of hydrogen-bond donors (Lipinski definition) is 0. The van der Waals surface area contributed by atoms with Crippen molar-refractivity contribution in [2.24, 2.45) is 5.92 Å². The van der Waals surface area contributed by atoms with Crippen LogP contribution in [-0.2, 0) is 27.3 Å². The summed E-state index contributed by atoms with van der Waals surface area (Å²) in [5, 5.41) is 0. The van der Waals surface area contributed by atoms with E-state index in [4.69, 9.17) is 13.9 Å². The second-order valence-electron chi connectivity index (χ2n) is 8.68. The maximum Gasteiger partial charge on any atom is 0.242 e. The van der Waals surface area contributed by atoms with Gasteiger partial charge in [-0.1, -0.05) is 26.0 Å². The minimum atomic E-state index is -0.0966. The van der Waals surface area contributed by atoms with E-state index in [1.54, 1.807) is 23.2 Å². The van der Waals surface area contributed by atoms with Crippen molar-refractivity contribution in [2.75, 3.05) is 33.4 Å². The summed E-state index contributed by atoms with van der Waals surface area (Å²) >= 11 is 0. The zero-order valence-electron chi connectivity index (χ0n) is 19.3. The summed E-state index contributed by atoms with van der Waals surface area (Å²) in [6.45, 7) is 6.26. The van der Waals surface area contributed by atoms with Crippen LogP contribution in [-0.4, -0.2) is 61.1 Å². The Labute approximate surface area is 190 Å². The number of carbonyl (C=O) groups is 2. The Hall–Kier alpha value is -2.80. The van der Waals surface area contributed by atoms with Crippen molar-refractivity contribution in [3.63, 3.8) is 0 Å². The minimum Gasteiger partial charge on any atom is -0.497 e. The average molecular weight is 443 g/mol. The third-order valence-electron chi connectivity index (χ3n) is 5.51. The van der Waals surface area contributed by atoms with E-state index in [1.165, 1.54) is 0 Å². The van der Waals surface area contributed by atoms with E-state index in [0.717, 1.165) is 36.5 Å². The second kappa shape index (κ2) is 11.7. The van der Waals surface area contributed by atoms with Crippen LogP contribution in [0.3, 0.4) is 0 Å². The first kappa shape index (κ1) is 23.9. The lowest BCUT2D eigenvalue weighted by molar-refractivity contribution is -0.142. The van der Waals surface area contributed by atoms with Crippen LogP contribution in [0.25, 0.3) is 0 Å². The highest BCUT2D eigenvalue weighted by molar-refractivity contribution is 5.86. The molecule has 2 heterocycles. The van der Waals surface area contributed by atoms with Crippen molar-refractivity contribution in [3.8, 4) is 5.75 Å². The van der Waals surface area contributed by atoms with E-state index in [9.17, 15) is 9.59 Å². The molecule has 0 bridgehead atoms. The molecule has 0 aliphatic carbocycles. The van der Waals surface area contributed by atoms with Gasteiger partial charge in [0.1, 0.15) is 11.5 Å². The van der Waals surface area contributed by atoms with E-state index in [1.807, 2.05) is 50.2 Å². The Balaban J connectivity index is 1.68. The molecule has 1 aliphatic heterocycles. The number of ether oxygens (including phenoxy) is 2. The lowest BCUT2D eigenvalue weighted by Gasteiger charge is -2.29. The van der Waals surface area contributed by atoms with Crippen LogP contribution in [0.1, 0.15) is 38.0 Å². The molecule has 0 N–H and O–H groups in total. The summed E-state index contributed by atoms with van der Waals surface area (Å²) in [7, 11) is 1.61. The Kier molecular flexibility index (Phi) is 8.73. The molecule has 1 fully saturated rings. The van der Waals surface area contributed by atoms with Crippen molar-refractivity contribution < 1.29 is 23.5 Å². The fourth-order valence-corrected chi connectivity index (χ4v) is 3.87. The highest BCUT2D eigenvalue weighted by Gasteiger charge is 2.26. The van der Waals surface area contributed by atoms with Crippen LogP contribution in [0.2, 0.25) is 0 Å². The van der Waals surface area contributed by atoms with E-state index >= 15 is 0 Å². The molecule has 0 saturated carbocycles. The van der Waals surface area contributed by atoms with Crippen molar-refractivity contribution in [1.82, 2.24) is 9.80 Å². The van der Waals surface area contributed by atoms with Crippen LogP contribution < -0.4 is 4.74 Å². The van der Waals surface area contributed by atoms with Crippen LogP contribution in [0, 0.1) is 5.92 Å². The normalized spacial score (nSPS) is 15.7. The average Bonchev–Trinajstić information content (AvgIpc) is 3.47. The third kappa shape index (κ3) is 7.12. The van der Waals surface area contributed by atoms with Crippen LogP contribution in [0.4, 0.5) is 0 Å². The summed E-state index contributed by atoms with van der Waals surface area (Å²) < 4.78 is 16.4. The maximum absolute atomic E-state index is 13.3. The summed E-state index contributed by atoms with van der Waals surface area (Å²) in [5.41, 5.74) is 0.892. The molecule has 0 radical (unpaired) electrons. The van der Waals surface area contributed by atoms with Gasteiger partial charge in [0.2, 0.25) is 11.8 Å². The van der Waals surface area contributed by atoms with Gasteiger partial charge >= 0.3 is 0 Å². The van der Waals surface area contributed by atoms with Gasteiger partial charge in [-0.05, 0) is 48.6 Å². The molecule has 1 unspecified atom stereocenters.